The summed E-state index contributed by atoms with van der Waals surface area (Å²) < 4.78 is 0. The van der Waals surface area contributed by atoms with Crippen LogP contribution in [0.4, 0.5) is 5.69 Å². The molecule has 0 aromatic heterocycles. The Balaban J connectivity index is 3.22. The number of nitro groups is 1. The van der Waals surface area contributed by atoms with Crippen LogP contribution in [0.2, 0.25) is 0 Å². The minimum Gasteiger partial charge on any atom is -0.508 e. The molecule has 6 heteroatoms. The fraction of sp³-hybridized carbons (Fsp3) is 0.250. The molecule has 1 atom stereocenters. The predicted octanol–water partition coefficient (Wildman–Crippen LogP) is 0.292. The smallest absolute Gasteiger partial charge is 0.274 e. The lowest BCUT2D eigenvalue weighted by Gasteiger charge is -2.08. The molecule has 0 amide bonds. The van der Waals surface area contributed by atoms with E-state index >= 15 is 0 Å². The van der Waals surface area contributed by atoms with Gasteiger partial charge in [0.2, 0.25) is 0 Å². The molecular weight excluding hydrogens is 188 g/mol. The second kappa shape index (κ2) is 4.03. The summed E-state index contributed by atoms with van der Waals surface area (Å²) in [5.41, 5.74) is 5.35. The van der Waals surface area contributed by atoms with Crippen molar-refractivity contribution in [3.63, 3.8) is 0 Å². The molecule has 0 radical (unpaired) electrons. The van der Waals surface area contributed by atoms with Crippen molar-refractivity contribution in [3.8, 4) is 5.75 Å². The number of aromatic hydroxyl groups is 1. The molecule has 76 valence electrons. The molecule has 1 aromatic carbocycles. The fourth-order valence-electron chi connectivity index (χ4n) is 1.10. The number of nitro benzene ring substituents is 1. The average molecular weight is 198 g/mol. The van der Waals surface area contributed by atoms with Gasteiger partial charge in [-0.1, -0.05) is 0 Å². The van der Waals surface area contributed by atoms with E-state index in [0.29, 0.717) is 0 Å². The SMILES string of the molecule is NC(CO)c1cc(O)ccc1[N+](=O)[O-]. The van der Waals surface area contributed by atoms with E-state index in [2.05, 4.69) is 0 Å². The summed E-state index contributed by atoms with van der Waals surface area (Å²) in [5.74, 6) is -0.116. The average Bonchev–Trinajstić information content (AvgIpc) is 2.16. The third-order valence-electron chi connectivity index (χ3n) is 1.80. The zero-order valence-corrected chi connectivity index (χ0v) is 7.25. The molecule has 0 bridgehead atoms. The van der Waals surface area contributed by atoms with Gasteiger partial charge in [0, 0.05) is 6.07 Å². The summed E-state index contributed by atoms with van der Waals surface area (Å²) in [4.78, 5) is 9.93. The van der Waals surface area contributed by atoms with Gasteiger partial charge in [0.15, 0.2) is 0 Å². The van der Waals surface area contributed by atoms with Crippen LogP contribution in [0.3, 0.4) is 0 Å². The normalized spacial score (nSPS) is 12.4. The topological polar surface area (TPSA) is 110 Å². The molecule has 1 aromatic rings. The van der Waals surface area contributed by atoms with E-state index in [9.17, 15) is 10.1 Å². The van der Waals surface area contributed by atoms with Crippen LogP contribution in [-0.4, -0.2) is 21.7 Å². The lowest BCUT2D eigenvalue weighted by atomic mass is 10.1. The molecule has 14 heavy (non-hydrogen) atoms. The van der Waals surface area contributed by atoms with Crippen LogP contribution in [-0.2, 0) is 0 Å². The van der Waals surface area contributed by atoms with Crippen molar-refractivity contribution in [2.24, 2.45) is 5.73 Å². The second-order valence-corrected chi connectivity index (χ2v) is 2.79. The number of rotatable bonds is 3. The van der Waals surface area contributed by atoms with Gasteiger partial charge >= 0.3 is 0 Å². The maximum absolute atomic E-state index is 10.5. The molecule has 4 N–H and O–H groups in total. The number of nitrogens with two attached hydrogens (primary N) is 1. The van der Waals surface area contributed by atoms with Gasteiger partial charge in [-0.15, -0.1) is 0 Å². The van der Waals surface area contributed by atoms with Gasteiger partial charge < -0.3 is 15.9 Å². The number of hydrogen-bond donors (Lipinski definition) is 3. The Morgan fingerprint density at radius 2 is 2.21 bits per heavy atom. The lowest BCUT2D eigenvalue weighted by Crippen LogP contribution is -2.16. The number of phenolic OH excluding ortho intramolecular Hbond substituents is 1. The molecule has 0 aliphatic heterocycles. The van der Waals surface area contributed by atoms with Crippen LogP contribution < -0.4 is 5.73 Å². The van der Waals surface area contributed by atoms with E-state index in [1.165, 1.54) is 12.1 Å². The van der Waals surface area contributed by atoms with Gasteiger partial charge in [0.25, 0.3) is 5.69 Å². The van der Waals surface area contributed by atoms with Crippen LogP contribution in [0.1, 0.15) is 11.6 Å². The highest BCUT2D eigenvalue weighted by atomic mass is 16.6. The van der Waals surface area contributed by atoms with Crippen LogP contribution in [0.15, 0.2) is 18.2 Å². The van der Waals surface area contributed by atoms with Gasteiger partial charge in [-0.2, -0.15) is 0 Å². The Kier molecular flexibility index (Phi) is 3.00. The van der Waals surface area contributed by atoms with E-state index in [-0.39, 0.29) is 17.0 Å². The summed E-state index contributed by atoms with van der Waals surface area (Å²) in [6.07, 6.45) is 0. The highest BCUT2D eigenvalue weighted by Gasteiger charge is 2.19. The van der Waals surface area contributed by atoms with Crippen molar-refractivity contribution in [1.82, 2.24) is 0 Å². The standard InChI is InChI=1S/C8H10N2O4/c9-7(4-11)6-3-5(12)1-2-8(6)10(13)14/h1-3,7,11-12H,4,9H2. The molecule has 0 fully saturated rings. The Morgan fingerprint density at radius 1 is 1.57 bits per heavy atom. The van der Waals surface area contributed by atoms with Crippen LogP contribution >= 0.6 is 0 Å². The van der Waals surface area contributed by atoms with Gasteiger partial charge in [-0.05, 0) is 12.1 Å². The molecule has 0 spiro atoms. The summed E-state index contributed by atoms with van der Waals surface area (Å²) in [5, 5.41) is 28.4. The number of aliphatic hydroxyl groups is 1. The minimum absolute atomic E-state index is 0.116. The van der Waals surface area contributed by atoms with Crippen LogP contribution in [0.25, 0.3) is 0 Å². The van der Waals surface area contributed by atoms with E-state index < -0.39 is 17.6 Å². The van der Waals surface area contributed by atoms with Crippen molar-refractivity contribution in [2.75, 3.05) is 6.61 Å². The lowest BCUT2D eigenvalue weighted by molar-refractivity contribution is -0.385. The van der Waals surface area contributed by atoms with E-state index in [1.807, 2.05) is 0 Å². The first kappa shape index (κ1) is 10.4. The van der Waals surface area contributed by atoms with Crippen molar-refractivity contribution < 1.29 is 15.1 Å². The predicted molar refractivity (Wildman–Crippen MR) is 48.8 cm³/mol. The minimum atomic E-state index is -0.859. The summed E-state index contributed by atoms with van der Waals surface area (Å²) in [6, 6.07) is 2.67. The Bertz CT molecular complexity index is 353. The van der Waals surface area contributed by atoms with E-state index in [0.717, 1.165) is 6.07 Å². The monoisotopic (exact) mass is 198 g/mol. The summed E-state index contributed by atoms with van der Waals surface area (Å²) in [7, 11) is 0. The molecule has 0 saturated carbocycles. The highest BCUT2D eigenvalue weighted by molar-refractivity contribution is 5.46. The molecule has 0 aliphatic carbocycles. The fourth-order valence-corrected chi connectivity index (χ4v) is 1.10. The van der Waals surface area contributed by atoms with Gasteiger partial charge in [0.1, 0.15) is 5.75 Å². The van der Waals surface area contributed by atoms with E-state index in [1.54, 1.807) is 0 Å². The van der Waals surface area contributed by atoms with Gasteiger partial charge in [-0.25, -0.2) is 0 Å². The van der Waals surface area contributed by atoms with E-state index in [4.69, 9.17) is 15.9 Å². The largest absolute Gasteiger partial charge is 0.508 e. The van der Waals surface area contributed by atoms with Crippen molar-refractivity contribution in [1.29, 1.82) is 0 Å². The first-order valence-electron chi connectivity index (χ1n) is 3.90. The zero-order valence-electron chi connectivity index (χ0n) is 7.25. The maximum atomic E-state index is 10.5. The first-order chi connectivity index (χ1) is 6.56. The Hall–Kier alpha value is -1.66. The Labute approximate surface area is 79.7 Å². The summed E-state index contributed by atoms with van der Waals surface area (Å²) >= 11 is 0. The molecule has 6 nitrogen and oxygen atoms in total. The summed E-state index contributed by atoms with van der Waals surface area (Å²) in [6.45, 7) is -0.412. The number of benzene rings is 1. The molecule has 0 heterocycles. The molecule has 1 rings (SSSR count). The first-order valence-corrected chi connectivity index (χ1v) is 3.90. The number of phenols is 1. The number of hydrogen-bond acceptors (Lipinski definition) is 5. The zero-order chi connectivity index (χ0) is 10.7. The van der Waals surface area contributed by atoms with Crippen molar-refractivity contribution >= 4 is 5.69 Å². The van der Waals surface area contributed by atoms with Gasteiger partial charge in [0.05, 0.1) is 23.1 Å². The molecular formula is C8H10N2O4. The van der Waals surface area contributed by atoms with Crippen LogP contribution in [0, 0.1) is 10.1 Å². The number of aliphatic hydroxyl groups excluding tert-OH is 1. The molecule has 1 unspecified atom stereocenters. The third kappa shape index (κ3) is 1.98. The van der Waals surface area contributed by atoms with Crippen molar-refractivity contribution in [3.05, 3.63) is 33.9 Å². The number of nitrogens with zero attached hydrogens (tertiary/aromatic N) is 1. The quantitative estimate of drug-likeness (QED) is 0.477. The van der Waals surface area contributed by atoms with Crippen molar-refractivity contribution in [2.45, 2.75) is 6.04 Å². The van der Waals surface area contributed by atoms with Crippen LogP contribution in [0.5, 0.6) is 5.75 Å². The van der Waals surface area contributed by atoms with Gasteiger partial charge in [-0.3, -0.25) is 10.1 Å². The third-order valence-corrected chi connectivity index (χ3v) is 1.80. The maximum Gasteiger partial charge on any atom is 0.274 e. The second-order valence-electron chi connectivity index (χ2n) is 2.79. The molecule has 0 aliphatic rings. The highest BCUT2D eigenvalue weighted by Crippen LogP contribution is 2.27. The molecule has 0 saturated heterocycles. The Morgan fingerprint density at radius 3 is 2.71 bits per heavy atom.